The Balaban J connectivity index is 1.98. The van der Waals surface area contributed by atoms with E-state index in [1.165, 1.54) is 11.1 Å². The number of ether oxygens (including phenoxy) is 5. The van der Waals surface area contributed by atoms with Crippen molar-refractivity contribution in [3.63, 3.8) is 0 Å². The zero-order chi connectivity index (χ0) is 21.4. The van der Waals surface area contributed by atoms with Gasteiger partial charge in [-0.1, -0.05) is 37.6 Å². The third kappa shape index (κ3) is 4.63. The summed E-state index contributed by atoms with van der Waals surface area (Å²) in [4.78, 5) is 0. The first-order valence-electron chi connectivity index (χ1n) is 10.4. The van der Waals surface area contributed by atoms with Crippen molar-refractivity contribution in [2.45, 2.75) is 37.5 Å². The molecule has 0 N–H and O–H groups in total. The maximum atomic E-state index is 6.33. The number of hydrogen-bond acceptors (Lipinski definition) is 5. The topological polar surface area (TPSA) is 46.2 Å². The van der Waals surface area contributed by atoms with Gasteiger partial charge in [0.25, 0.3) is 0 Å². The monoisotopic (exact) mass is 412 g/mol. The SMILES string of the molecule is C=CCC1c2ccc(OCOC)cc2OCC1(CCC)c1ccc(OCOC)cc1. The van der Waals surface area contributed by atoms with Crippen LogP contribution in [0.25, 0.3) is 0 Å². The molecule has 2 aromatic rings. The highest BCUT2D eigenvalue weighted by Crippen LogP contribution is 2.51. The summed E-state index contributed by atoms with van der Waals surface area (Å²) in [6.07, 6.45) is 4.96. The third-order valence-electron chi connectivity index (χ3n) is 5.73. The average molecular weight is 413 g/mol. The van der Waals surface area contributed by atoms with E-state index in [2.05, 4.69) is 31.7 Å². The van der Waals surface area contributed by atoms with Gasteiger partial charge in [0, 0.05) is 31.6 Å². The normalized spacial score (nSPS) is 20.2. The third-order valence-corrected chi connectivity index (χ3v) is 5.73. The first-order valence-corrected chi connectivity index (χ1v) is 10.4. The molecule has 0 bridgehead atoms. The van der Waals surface area contributed by atoms with Gasteiger partial charge < -0.3 is 23.7 Å². The lowest BCUT2D eigenvalue weighted by Crippen LogP contribution is -2.42. The lowest BCUT2D eigenvalue weighted by atomic mass is 9.63. The van der Waals surface area contributed by atoms with Gasteiger partial charge in [0.05, 0.1) is 6.61 Å². The molecule has 5 nitrogen and oxygen atoms in total. The highest BCUT2D eigenvalue weighted by Gasteiger charge is 2.45. The molecule has 162 valence electrons. The molecule has 2 atom stereocenters. The Kier molecular flexibility index (Phi) is 7.77. The molecule has 0 fully saturated rings. The standard InChI is InChI=1S/C25H32O5/c1-5-7-23-22-13-12-21(30-18-27-4)15-24(22)28-16-25(23,14-6-2)19-8-10-20(11-9-19)29-17-26-3/h5,8-13,15,23H,1,6-7,14,16-18H2,2-4H3. The van der Waals surface area contributed by atoms with Gasteiger partial charge in [0.15, 0.2) is 13.6 Å². The summed E-state index contributed by atoms with van der Waals surface area (Å²) in [6, 6.07) is 14.4. The van der Waals surface area contributed by atoms with Crippen molar-refractivity contribution in [1.82, 2.24) is 0 Å². The van der Waals surface area contributed by atoms with E-state index < -0.39 is 0 Å². The van der Waals surface area contributed by atoms with Gasteiger partial charge in [0.1, 0.15) is 17.2 Å². The Bertz CT molecular complexity index is 817. The molecule has 0 spiro atoms. The molecule has 0 amide bonds. The number of hydrogen-bond donors (Lipinski definition) is 0. The Morgan fingerprint density at radius 1 is 1.03 bits per heavy atom. The van der Waals surface area contributed by atoms with Crippen LogP contribution in [0, 0.1) is 0 Å². The van der Waals surface area contributed by atoms with Gasteiger partial charge in [-0.25, -0.2) is 0 Å². The maximum absolute atomic E-state index is 6.33. The summed E-state index contributed by atoms with van der Waals surface area (Å²) < 4.78 is 27.5. The molecule has 1 aliphatic rings. The lowest BCUT2D eigenvalue weighted by Gasteiger charge is -2.45. The van der Waals surface area contributed by atoms with Crippen molar-refractivity contribution in [3.8, 4) is 17.2 Å². The van der Waals surface area contributed by atoms with Crippen molar-refractivity contribution in [3.05, 3.63) is 66.2 Å². The van der Waals surface area contributed by atoms with Crippen LogP contribution in [-0.4, -0.2) is 34.4 Å². The molecule has 3 rings (SSSR count). The Morgan fingerprint density at radius 2 is 1.70 bits per heavy atom. The second kappa shape index (κ2) is 10.5. The molecule has 0 saturated carbocycles. The van der Waals surface area contributed by atoms with Crippen molar-refractivity contribution < 1.29 is 23.7 Å². The fraction of sp³-hybridized carbons (Fsp3) is 0.440. The predicted octanol–water partition coefficient (Wildman–Crippen LogP) is 5.44. The van der Waals surface area contributed by atoms with Gasteiger partial charge in [0.2, 0.25) is 0 Å². The summed E-state index contributed by atoms with van der Waals surface area (Å²) in [5.41, 5.74) is 2.32. The molecule has 0 saturated heterocycles. The first-order chi connectivity index (χ1) is 14.7. The van der Waals surface area contributed by atoms with E-state index in [9.17, 15) is 0 Å². The fourth-order valence-corrected chi connectivity index (χ4v) is 4.40. The average Bonchev–Trinajstić information content (AvgIpc) is 2.78. The molecule has 0 radical (unpaired) electrons. The van der Waals surface area contributed by atoms with Crippen molar-refractivity contribution in [1.29, 1.82) is 0 Å². The van der Waals surface area contributed by atoms with E-state index in [0.717, 1.165) is 36.5 Å². The van der Waals surface area contributed by atoms with Crippen LogP contribution in [0.4, 0.5) is 0 Å². The smallest absolute Gasteiger partial charge is 0.188 e. The summed E-state index contributed by atoms with van der Waals surface area (Å²) >= 11 is 0. The largest absolute Gasteiger partial charge is 0.492 e. The second-order valence-corrected chi connectivity index (χ2v) is 7.60. The molecule has 0 aliphatic carbocycles. The van der Waals surface area contributed by atoms with Gasteiger partial charge >= 0.3 is 0 Å². The van der Waals surface area contributed by atoms with E-state index in [0.29, 0.717) is 6.61 Å². The van der Waals surface area contributed by atoms with Gasteiger partial charge in [-0.3, -0.25) is 0 Å². The first kappa shape index (κ1) is 22.2. The fourth-order valence-electron chi connectivity index (χ4n) is 4.40. The molecule has 2 aromatic carbocycles. The molecule has 5 heteroatoms. The van der Waals surface area contributed by atoms with Crippen LogP contribution < -0.4 is 14.2 Å². The predicted molar refractivity (Wildman–Crippen MR) is 118 cm³/mol. The van der Waals surface area contributed by atoms with E-state index >= 15 is 0 Å². The summed E-state index contributed by atoms with van der Waals surface area (Å²) in [5.74, 6) is 2.68. The minimum Gasteiger partial charge on any atom is -0.492 e. The van der Waals surface area contributed by atoms with Gasteiger partial charge in [-0.15, -0.1) is 6.58 Å². The van der Waals surface area contributed by atoms with E-state index in [-0.39, 0.29) is 24.9 Å². The van der Waals surface area contributed by atoms with Gasteiger partial charge in [-0.05, 0) is 42.2 Å². The summed E-state index contributed by atoms with van der Waals surface area (Å²) in [5, 5.41) is 0. The highest BCUT2D eigenvalue weighted by molar-refractivity contribution is 5.49. The van der Waals surface area contributed by atoms with E-state index in [1.807, 2.05) is 30.3 Å². The van der Waals surface area contributed by atoms with Crippen LogP contribution in [0.2, 0.25) is 0 Å². The number of methoxy groups -OCH3 is 2. The molecule has 1 heterocycles. The van der Waals surface area contributed by atoms with Crippen LogP contribution >= 0.6 is 0 Å². The van der Waals surface area contributed by atoms with Gasteiger partial charge in [-0.2, -0.15) is 0 Å². The second-order valence-electron chi connectivity index (χ2n) is 7.60. The Hall–Kier alpha value is -2.50. The Morgan fingerprint density at radius 3 is 2.33 bits per heavy atom. The minimum absolute atomic E-state index is 0.134. The molecule has 2 unspecified atom stereocenters. The van der Waals surface area contributed by atoms with Crippen LogP contribution in [0.15, 0.2) is 55.1 Å². The number of allylic oxidation sites excluding steroid dienone is 1. The lowest BCUT2D eigenvalue weighted by molar-refractivity contribution is 0.0504. The minimum atomic E-state index is -0.134. The summed E-state index contributed by atoms with van der Waals surface area (Å²) in [7, 11) is 3.23. The van der Waals surface area contributed by atoms with Crippen molar-refractivity contribution in [2.24, 2.45) is 0 Å². The molecule has 0 aromatic heterocycles. The molecule has 30 heavy (non-hydrogen) atoms. The molecule has 1 aliphatic heterocycles. The van der Waals surface area contributed by atoms with Crippen LogP contribution in [0.5, 0.6) is 17.2 Å². The van der Waals surface area contributed by atoms with Crippen molar-refractivity contribution in [2.75, 3.05) is 34.4 Å². The quantitative estimate of drug-likeness (QED) is 0.363. The summed E-state index contributed by atoms with van der Waals surface area (Å²) in [6.45, 7) is 7.32. The van der Waals surface area contributed by atoms with Crippen LogP contribution in [0.3, 0.4) is 0 Å². The number of benzene rings is 2. The maximum Gasteiger partial charge on any atom is 0.188 e. The Labute approximate surface area is 179 Å². The van der Waals surface area contributed by atoms with E-state index in [1.54, 1.807) is 14.2 Å². The molecular weight excluding hydrogens is 380 g/mol. The number of fused-ring (bicyclic) bond motifs is 1. The number of rotatable bonds is 11. The molecular formula is C25H32O5. The van der Waals surface area contributed by atoms with E-state index in [4.69, 9.17) is 23.7 Å². The van der Waals surface area contributed by atoms with Crippen LogP contribution in [0.1, 0.15) is 43.2 Å². The van der Waals surface area contributed by atoms with Crippen molar-refractivity contribution >= 4 is 0 Å². The highest BCUT2D eigenvalue weighted by atomic mass is 16.7. The zero-order valence-electron chi connectivity index (χ0n) is 18.2. The van der Waals surface area contributed by atoms with Crippen LogP contribution in [-0.2, 0) is 14.9 Å². The zero-order valence-corrected chi connectivity index (χ0v) is 18.2.